The summed E-state index contributed by atoms with van der Waals surface area (Å²) in [5.41, 5.74) is 6.01. The zero-order chi connectivity index (χ0) is 16.7. The van der Waals surface area contributed by atoms with E-state index in [4.69, 9.17) is 26.8 Å². The first-order chi connectivity index (χ1) is 11.0. The molecule has 3 amide bonds. The molecule has 1 aromatic carbocycles. The fourth-order valence-corrected chi connectivity index (χ4v) is 2.37. The van der Waals surface area contributed by atoms with E-state index in [1.54, 1.807) is 12.1 Å². The fraction of sp³-hybridized carbons (Fsp3) is 0.467. The van der Waals surface area contributed by atoms with Gasteiger partial charge in [0.1, 0.15) is 6.61 Å². The smallest absolute Gasteiger partial charge is 0.315 e. The minimum Gasteiger partial charge on any atom is -0.379 e. The maximum absolute atomic E-state index is 12.0. The Hall–Kier alpha value is -1.83. The Balaban J connectivity index is 1.79. The van der Waals surface area contributed by atoms with Crippen LogP contribution in [0.2, 0.25) is 5.02 Å². The van der Waals surface area contributed by atoms with Crippen LogP contribution >= 0.6 is 11.6 Å². The van der Waals surface area contributed by atoms with Crippen LogP contribution in [0, 0.1) is 0 Å². The summed E-state index contributed by atoms with van der Waals surface area (Å²) < 4.78 is 10.8. The molecular weight excluding hydrogens is 322 g/mol. The number of ether oxygens (including phenoxy) is 2. The van der Waals surface area contributed by atoms with Gasteiger partial charge in [-0.3, -0.25) is 4.79 Å². The van der Waals surface area contributed by atoms with Crippen molar-refractivity contribution >= 4 is 23.5 Å². The number of benzene rings is 1. The molecule has 23 heavy (non-hydrogen) atoms. The summed E-state index contributed by atoms with van der Waals surface area (Å²) in [4.78, 5) is 22.8. The highest BCUT2D eigenvalue weighted by molar-refractivity contribution is 6.30. The molecule has 7 nitrogen and oxygen atoms in total. The Morgan fingerprint density at radius 1 is 1.35 bits per heavy atom. The third-order valence-corrected chi connectivity index (χ3v) is 3.67. The molecule has 2 rings (SSSR count). The van der Waals surface area contributed by atoms with E-state index in [1.165, 1.54) is 0 Å². The predicted octanol–water partition coefficient (Wildman–Crippen LogP) is 0.799. The topological polar surface area (TPSA) is 103 Å². The SMILES string of the molecule is NC(=O)CO[C@@H]1CCOC[C@@H]1NC(=O)NCc1ccc(Cl)cc1. The molecule has 0 spiro atoms. The minimum atomic E-state index is -0.539. The van der Waals surface area contributed by atoms with Crippen molar-refractivity contribution in [3.05, 3.63) is 34.9 Å². The van der Waals surface area contributed by atoms with Gasteiger partial charge in [0.25, 0.3) is 0 Å². The number of nitrogens with two attached hydrogens (primary N) is 1. The largest absolute Gasteiger partial charge is 0.379 e. The first-order valence-electron chi connectivity index (χ1n) is 7.31. The average molecular weight is 342 g/mol. The molecule has 1 aliphatic heterocycles. The quantitative estimate of drug-likeness (QED) is 0.712. The fourth-order valence-electron chi connectivity index (χ4n) is 2.25. The normalized spacial score (nSPS) is 20.7. The lowest BCUT2D eigenvalue weighted by Gasteiger charge is -2.31. The van der Waals surface area contributed by atoms with E-state index in [9.17, 15) is 9.59 Å². The number of halogens is 1. The molecule has 1 heterocycles. The van der Waals surface area contributed by atoms with Gasteiger partial charge in [-0.15, -0.1) is 0 Å². The number of primary amides is 1. The van der Waals surface area contributed by atoms with Gasteiger partial charge < -0.3 is 25.8 Å². The zero-order valence-corrected chi connectivity index (χ0v) is 13.3. The Labute approximate surface area is 139 Å². The number of carbonyl (C=O) groups is 2. The summed E-state index contributed by atoms with van der Waals surface area (Å²) in [5.74, 6) is -0.539. The van der Waals surface area contributed by atoms with Crippen LogP contribution in [0.15, 0.2) is 24.3 Å². The van der Waals surface area contributed by atoms with Crippen LogP contribution in [0.25, 0.3) is 0 Å². The van der Waals surface area contributed by atoms with Crippen molar-refractivity contribution < 1.29 is 19.1 Å². The van der Waals surface area contributed by atoms with Gasteiger partial charge in [-0.25, -0.2) is 4.79 Å². The van der Waals surface area contributed by atoms with Crippen molar-refractivity contribution in [2.75, 3.05) is 19.8 Å². The van der Waals surface area contributed by atoms with Crippen LogP contribution in [0.4, 0.5) is 4.79 Å². The lowest BCUT2D eigenvalue weighted by molar-refractivity contribution is -0.128. The summed E-state index contributed by atoms with van der Waals surface area (Å²) in [6, 6.07) is 6.55. The van der Waals surface area contributed by atoms with E-state index in [2.05, 4.69) is 10.6 Å². The monoisotopic (exact) mass is 341 g/mol. The van der Waals surface area contributed by atoms with Crippen molar-refractivity contribution in [3.8, 4) is 0 Å². The van der Waals surface area contributed by atoms with Crippen LogP contribution in [0.3, 0.4) is 0 Å². The molecule has 1 fully saturated rings. The molecule has 4 N–H and O–H groups in total. The van der Waals surface area contributed by atoms with Crippen LogP contribution in [0.5, 0.6) is 0 Å². The second-order valence-corrected chi connectivity index (χ2v) is 5.68. The Kier molecular flexibility index (Phi) is 6.64. The molecule has 2 atom stereocenters. The number of amides is 3. The molecule has 126 valence electrons. The van der Waals surface area contributed by atoms with E-state index in [0.717, 1.165) is 5.56 Å². The van der Waals surface area contributed by atoms with Gasteiger partial charge >= 0.3 is 6.03 Å². The maximum atomic E-state index is 12.0. The highest BCUT2D eigenvalue weighted by Gasteiger charge is 2.28. The maximum Gasteiger partial charge on any atom is 0.315 e. The van der Waals surface area contributed by atoms with Crippen molar-refractivity contribution in [3.63, 3.8) is 0 Å². The molecule has 1 aliphatic rings. The van der Waals surface area contributed by atoms with Gasteiger partial charge in [0, 0.05) is 18.2 Å². The van der Waals surface area contributed by atoms with Crippen molar-refractivity contribution in [1.29, 1.82) is 0 Å². The molecular formula is C15H20ClN3O4. The molecule has 0 radical (unpaired) electrons. The summed E-state index contributed by atoms with van der Waals surface area (Å²) in [5, 5.41) is 6.20. The van der Waals surface area contributed by atoms with Gasteiger partial charge in [-0.1, -0.05) is 23.7 Å². The predicted molar refractivity (Wildman–Crippen MR) is 85.0 cm³/mol. The summed E-state index contributed by atoms with van der Waals surface area (Å²) in [6.07, 6.45) is 0.299. The summed E-state index contributed by atoms with van der Waals surface area (Å²) in [7, 11) is 0. The number of hydrogen-bond acceptors (Lipinski definition) is 4. The van der Waals surface area contributed by atoms with Crippen LogP contribution in [-0.2, 0) is 20.8 Å². The minimum absolute atomic E-state index is 0.171. The Morgan fingerprint density at radius 3 is 2.78 bits per heavy atom. The van der Waals surface area contributed by atoms with E-state index < -0.39 is 5.91 Å². The van der Waals surface area contributed by atoms with Gasteiger partial charge in [-0.2, -0.15) is 0 Å². The molecule has 0 saturated carbocycles. The van der Waals surface area contributed by atoms with E-state index in [1.807, 2.05) is 12.1 Å². The van der Waals surface area contributed by atoms with Crippen LogP contribution in [0.1, 0.15) is 12.0 Å². The molecule has 1 aromatic rings. The second-order valence-electron chi connectivity index (χ2n) is 5.24. The van der Waals surface area contributed by atoms with Gasteiger partial charge in [-0.05, 0) is 24.1 Å². The number of carbonyl (C=O) groups excluding carboxylic acids is 2. The van der Waals surface area contributed by atoms with Gasteiger partial charge in [0.15, 0.2) is 0 Å². The average Bonchev–Trinajstić information content (AvgIpc) is 2.53. The van der Waals surface area contributed by atoms with E-state index in [-0.39, 0.29) is 24.8 Å². The van der Waals surface area contributed by atoms with Crippen molar-refractivity contribution in [2.45, 2.75) is 25.1 Å². The van der Waals surface area contributed by atoms with E-state index >= 15 is 0 Å². The third kappa shape index (κ3) is 6.05. The van der Waals surface area contributed by atoms with Gasteiger partial charge in [0.2, 0.25) is 5.91 Å². The highest BCUT2D eigenvalue weighted by atomic mass is 35.5. The number of urea groups is 1. The lowest BCUT2D eigenvalue weighted by atomic mass is 10.1. The summed E-state index contributed by atoms with van der Waals surface area (Å²) in [6.45, 7) is 1.06. The second kappa shape index (κ2) is 8.71. The van der Waals surface area contributed by atoms with Crippen LogP contribution < -0.4 is 16.4 Å². The Morgan fingerprint density at radius 2 is 2.09 bits per heavy atom. The lowest BCUT2D eigenvalue weighted by Crippen LogP contribution is -2.53. The molecule has 1 saturated heterocycles. The molecule has 0 bridgehead atoms. The van der Waals surface area contributed by atoms with Crippen molar-refractivity contribution in [2.24, 2.45) is 5.73 Å². The molecule has 0 unspecified atom stereocenters. The number of hydrogen-bond donors (Lipinski definition) is 3. The Bertz CT molecular complexity index is 538. The molecule has 8 heteroatoms. The molecule has 0 aromatic heterocycles. The highest BCUT2D eigenvalue weighted by Crippen LogP contribution is 2.12. The van der Waals surface area contributed by atoms with Crippen molar-refractivity contribution in [1.82, 2.24) is 10.6 Å². The summed E-state index contributed by atoms with van der Waals surface area (Å²) >= 11 is 5.81. The number of nitrogens with one attached hydrogen (secondary N) is 2. The third-order valence-electron chi connectivity index (χ3n) is 3.42. The number of rotatable bonds is 6. The first kappa shape index (κ1) is 17.5. The standard InChI is InChI=1S/C15H20ClN3O4/c16-11-3-1-10(2-4-11)7-18-15(21)19-12-8-22-6-5-13(12)23-9-14(17)20/h1-4,12-13H,5-9H2,(H2,17,20)(H2,18,19,21)/t12-,13+/m0/s1. The molecule has 0 aliphatic carbocycles. The van der Waals surface area contributed by atoms with Gasteiger partial charge in [0.05, 0.1) is 18.8 Å². The first-order valence-corrected chi connectivity index (χ1v) is 7.69. The van der Waals surface area contributed by atoms with Crippen LogP contribution in [-0.4, -0.2) is 43.9 Å². The van der Waals surface area contributed by atoms with E-state index in [0.29, 0.717) is 31.2 Å². The zero-order valence-electron chi connectivity index (χ0n) is 12.6.